The molecule has 2 unspecified atom stereocenters. The van der Waals surface area contributed by atoms with E-state index in [1.165, 1.54) is 38.9 Å². The fourth-order valence-corrected chi connectivity index (χ4v) is 2.80. The molecule has 1 saturated carbocycles. The molecule has 0 aromatic heterocycles. The zero-order valence-corrected chi connectivity index (χ0v) is 12.0. The molecule has 2 atom stereocenters. The number of carbonyl (C=O) groups is 1. The van der Waals surface area contributed by atoms with Gasteiger partial charge in [-0.1, -0.05) is 19.8 Å². The number of likely N-dealkylation sites (N-methyl/N-ethyl adjacent to an activating group) is 1. The van der Waals surface area contributed by atoms with Gasteiger partial charge in [0, 0.05) is 24.4 Å². The number of methoxy groups -OCH3 is 1. The van der Waals surface area contributed by atoms with Gasteiger partial charge in [-0.05, 0) is 32.9 Å². The fourth-order valence-electron chi connectivity index (χ4n) is 2.80. The quantitative estimate of drug-likeness (QED) is 0.600. The molecule has 18 heavy (non-hydrogen) atoms. The second kappa shape index (κ2) is 6.78. The Balaban J connectivity index is 2.53. The van der Waals surface area contributed by atoms with E-state index in [0.29, 0.717) is 0 Å². The topological polar surface area (TPSA) is 41.6 Å². The number of nitrogens with one attached hydrogen (secondary N) is 1. The summed E-state index contributed by atoms with van der Waals surface area (Å²) in [6.45, 7) is 3.19. The lowest BCUT2D eigenvalue weighted by atomic mass is 9.75. The van der Waals surface area contributed by atoms with Crippen molar-refractivity contribution in [3.05, 3.63) is 12.3 Å². The summed E-state index contributed by atoms with van der Waals surface area (Å²) in [7, 11) is 5.67. The molecule has 4 nitrogen and oxygen atoms in total. The van der Waals surface area contributed by atoms with Crippen LogP contribution in [0.25, 0.3) is 0 Å². The van der Waals surface area contributed by atoms with Gasteiger partial charge in [-0.3, -0.25) is 0 Å². The Labute approximate surface area is 110 Å². The first kappa shape index (κ1) is 15.0. The fraction of sp³-hybridized carbons (Fsp3) is 0.786. The van der Waals surface area contributed by atoms with E-state index in [4.69, 9.17) is 0 Å². The Bertz CT molecular complexity index is 302. The van der Waals surface area contributed by atoms with Crippen LogP contribution in [0.4, 0.5) is 0 Å². The molecule has 0 radical (unpaired) electrons. The number of hydrogen-bond donors (Lipinski definition) is 1. The first-order valence-electron chi connectivity index (χ1n) is 6.65. The van der Waals surface area contributed by atoms with Crippen LogP contribution in [0.2, 0.25) is 0 Å². The molecular weight excluding hydrogens is 228 g/mol. The van der Waals surface area contributed by atoms with Gasteiger partial charge in [0.05, 0.1) is 7.11 Å². The molecular formula is C14H26N2O2. The predicted molar refractivity (Wildman–Crippen MR) is 73.2 cm³/mol. The minimum Gasteiger partial charge on any atom is -0.466 e. The third-order valence-electron chi connectivity index (χ3n) is 3.99. The number of hydrogen-bond acceptors (Lipinski definition) is 4. The Morgan fingerprint density at radius 2 is 2.28 bits per heavy atom. The first-order valence-corrected chi connectivity index (χ1v) is 6.65. The highest BCUT2D eigenvalue weighted by Gasteiger charge is 2.36. The Morgan fingerprint density at radius 1 is 1.56 bits per heavy atom. The van der Waals surface area contributed by atoms with Crippen molar-refractivity contribution in [3.8, 4) is 0 Å². The van der Waals surface area contributed by atoms with Crippen molar-refractivity contribution in [3.63, 3.8) is 0 Å². The molecule has 0 bridgehead atoms. The molecule has 1 aliphatic carbocycles. The van der Waals surface area contributed by atoms with E-state index in [0.717, 1.165) is 12.5 Å². The van der Waals surface area contributed by atoms with Gasteiger partial charge in [0.15, 0.2) is 0 Å². The largest absolute Gasteiger partial charge is 0.466 e. The van der Waals surface area contributed by atoms with Gasteiger partial charge in [0.1, 0.15) is 0 Å². The molecule has 1 aliphatic rings. The monoisotopic (exact) mass is 254 g/mol. The second-order valence-electron chi connectivity index (χ2n) is 5.56. The average Bonchev–Trinajstić information content (AvgIpc) is 2.34. The highest BCUT2D eigenvalue weighted by atomic mass is 16.5. The predicted octanol–water partition coefficient (Wildman–Crippen LogP) is 1.77. The third kappa shape index (κ3) is 4.02. The summed E-state index contributed by atoms with van der Waals surface area (Å²) in [5.74, 6) is 0.450. The van der Waals surface area contributed by atoms with Crippen LogP contribution in [0.15, 0.2) is 12.3 Å². The number of esters is 1. The van der Waals surface area contributed by atoms with Crippen molar-refractivity contribution in [1.29, 1.82) is 0 Å². The average molecular weight is 254 g/mol. The number of ether oxygens (including phenoxy) is 1. The molecule has 0 saturated heterocycles. The standard InChI is InChI=1S/C14H26N2O2/c1-12-6-5-8-14(10-12,16(2)3)11-15-9-7-13(17)18-4/h7,9,12,15H,5-6,8,10-11H2,1-4H3/b9-7+. The minimum atomic E-state index is -0.321. The van der Waals surface area contributed by atoms with Gasteiger partial charge in [-0.25, -0.2) is 4.79 Å². The molecule has 0 aliphatic heterocycles. The van der Waals surface area contributed by atoms with Crippen molar-refractivity contribution in [2.24, 2.45) is 5.92 Å². The van der Waals surface area contributed by atoms with E-state index in [-0.39, 0.29) is 11.5 Å². The Hall–Kier alpha value is -1.03. The molecule has 0 amide bonds. The molecule has 0 heterocycles. The maximum absolute atomic E-state index is 11.0. The van der Waals surface area contributed by atoms with E-state index in [1.54, 1.807) is 6.20 Å². The van der Waals surface area contributed by atoms with Gasteiger partial charge in [0.25, 0.3) is 0 Å². The van der Waals surface area contributed by atoms with Crippen molar-refractivity contribution in [2.75, 3.05) is 27.7 Å². The van der Waals surface area contributed by atoms with E-state index in [1.807, 2.05) is 0 Å². The normalized spacial score (nSPS) is 28.6. The van der Waals surface area contributed by atoms with E-state index in [2.05, 4.69) is 36.0 Å². The van der Waals surface area contributed by atoms with Gasteiger partial charge < -0.3 is 15.0 Å². The number of carbonyl (C=O) groups excluding carboxylic acids is 1. The van der Waals surface area contributed by atoms with Crippen LogP contribution < -0.4 is 5.32 Å². The van der Waals surface area contributed by atoms with Crippen LogP contribution >= 0.6 is 0 Å². The zero-order chi connectivity index (χ0) is 13.6. The van der Waals surface area contributed by atoms with E-state index in [9.17, 15) is 4.79 Å². The summed E-state index contributed by atoms with van der Waals surface area (Å²) in [5, 5.41) is 3.24. The Morgan fingerprint density at radius 3 is 2.83 bits per heavy atom. The van der Waals surface area contributed by atoms with Crippen molar-refractivity contribution in [2.45, 2.75) is 38.1 Å². The third-order valence-corrected chi connectivity index (χ3v) is 3.99. The summed E-state index contributed by atoms with van der Waals surface area (Å²) in [4.78, 5) is 13.3. The lowest BCUT2D eigenvalue weighted by molar-refractivity contribution is -0.134. The van der Waals surface area contributed by atoms with Gasteiger partial charge in [-0.2, -0.15) is 0 Å². The van der Waals surface area contributed by atoms with Crippen LogP contribution in [0.3, 0.4) is 0 Å². The summed E-state index contributed by atoms with van der Waals surface area (Å²) in [5.41, 5.74) is 0.206. The van der Waals surface area contributed by atoms with Crippen LogP contribution in [0, 0.1) is 5.92 Å². The first-order chi connectivity index (χ1) is 8.50. The van der Waals surface area contributed by atoms with Crippen LogP contribution in [0.5, 0.6) is 0 Å². The molecule has 0 aromatic carbocycles. The summed E-state index contributed by atoms with van der Waals surface area (Å²) < 4.78 is 4.56. The smallest absolute Gasteiger partial charge is 0.331 e. The summed E-state index contributed by atoms with van der Waals surface area (Å²) in [6.07, 6.45) is 8.14. The maximum atomic E-state index is 11.0. The van der Waals surface area contributed by atoms with Crippen molar-refractivity contribution >= 4 is 5.97 Å². The van der Waals surface area contributed by atoms with Gasteiger partial charge in [0.2, 0.25) is 0 Å². The van der Waals surface area contributed by atoms with Gasteiger partial charge in [-0.15, -0.1) is 0 Å². The second-order valence-corrected chi connectivity index (χ2v) is 5.56. The lowest BCUT2D eigenvalue weighted by Crippen LogP contribution is -2.53. The zero-order valence-electron chi connectivity index (χ0n) is 12.0. The van der Waals surface area contributed by atoms with Crippen LogP contribution in [-0.4, -0.2) is 44.2 Å². The number of nitrogens with zero attached hydrogens (tertiary/aromatic N) is 1. The Kier molecular flexibility index (Phi) is 5.66. The number of rotatable bonds is 5. The molecule has 0 aromatic rings. The maximum Gasteiger partial charge on any atom is 0.331 e. The van der Waals surface area contributed by atoms with E-state index < -0.39 is 0 Å². The van der Waals surface area contributed by atoms with E-state index >= 15 is 0 Å². The molecule has 1 N–H and O–H groups in total. The SMILES string of the molecule is COC(=O)/C=C/NCC1(N(C)C)CCCC(C)C1. The lowest BCUT2D eigenvalue weighted by Gasteiger charge is -2.45. The van der Waals surface area contributed by atoms with Crippen molar-refractivity contribution < 1.29 is 9.53 Å². The summed E-state index contributed by atoms with van der Waals surface area (Å²) >= 11 is 0. The molecule has 1 fully saturated rings. The highest BCUT2D eigenvalue weighted by Crippen LogP contribution is 2.35. The summed E-state index contributed by atoms with van der Waals surface area (Å²) in [6, 6.07) is 0. The molecule has 0 spiro atoms. The molecule has 1 rings (SSSR count). The molecule has 4 heteroatoms. The highest BCUT2D eigenvalue weighted by molar-refractivity contribution is 5.81. The van der Waals surface area contributed by atoms with Crippen molar-refractivity contribution in [1.82, 2.24) is 10.2 Å². The van der Waals surface area contributed by atoms with Gasteiger partial charge >= 0.3 is 5.97 Å². The van der Waals surface area contributed by atoms with Crippen LogP contribution in [0.1, 0.15) is 32.6 Å². The van der Waals surface area contributed by atoms with Crippen LogP contribution in [-0.2, 0) is 9.53 Å². The molecule has 104 valence electrons. The minimum absolute atomic E-state index is 0.206.